The average molecular weight is 548 g/mol. The minimum atomic E-state index is -3.13. The molecule has 0 aromatic heterocycles. The number of hydrogen-bond acceptors (Lipinski definition) is 14. The van der Waals surface area contributed by atoms with Gasteiger partial charge in [0.2, 0.25) is 0 Å². The highest BCUT2D eigenvalue weighted by Gasteiger charge is 2.19. The number of hydrogen-bond donors (Lipinski definition) is 6. The lowest BCUT2D eigenvalue weighted by Gasteiger charge is -2.33. The van der Waals surface area contributed by atoms with E-state index < -0.39 is 33.7 Å². The van der Waals surface area contributed by atoms with Crippen LogP contribution in [-0.2, 0) is 27.2 Å². The fourth-order valence-electron chi connectivity index (χ4n) is 2.65. The molecular formula is C12H32N4O12P4. The van der Waals surface area contributed by atoms with Crippen molar-refractivity contribution in [2.45, 2.75) is 0 Å². The van der Waals surface area contributed by atoms with Crippen LogP contribution in [0.1, 0.15) is 0 Å². The highest BCUT2D eigenvalue weighted by Crippen LogP contribution is 2.25. The normalized spacial score (nSPS) is 21.5. The van der Waals surface area contributed by atoms with Gasteiger partial charge in [-0.1, -0.05) is 0 Å². The van der Waals surface area contributed by atoms with Gasteiger partial charge in [0, 0.05) is 52.4 Å². The Kier molecular flexibility index (Phi) is 17.4. The molecule has 16 nitrogen and oxygen atoms in total. The smallest absolute Gasteiger partial charge is 0.328 e. The average Bonchev–Trinajstić information content (AvgIpc) is 2.70. The topological polar surface area (TPSA) is 205 Å². The first-order valence-electron chi connectivity index (χ1n) is 9.38. The van der Waals surface area contributed by atoms with Gasteiger partial charge in [-0.05, 0) is 0 Å². The largest absolute Gasteiger partial charge is 0.328 e. The fraction of sp³-hybridized carbons (Fsp3) is 1.00. The SMILES string of the molecule is O=[PH](O)OCN1CCN(COP(O)O)CCN(COP(O)O)CCN(CO[PH](=O)O)CC1. The van der Waals surface area contributed by atoms with Crippen molar-refractivity contribution in [2.24, 2.45) is 0 Å². The third-order valence-corrected chi connectivity index (χ3v) is 5.83. The van der Waals surface area contributed by atoms with Gasteiger partial charge in [0.1, 0.15) is 26.9 Å². The summed E-state index contributed by atoms with van der Waals surface area (Å²) < 4.78 is 41.4. The van der Waals surface area contributed by atoms with E-state index in [1.807, 2.05) is 0 Å². The molecular weight excluding hydrogens is 516 g/mol. The number of nitrogens with zero attached hydrogens (tertiary/aromatic N) is 4. The van der Waals surface area contributed by atoms with E-state index in [0.29, 0.717) is 52.4 Å². The van der Waals surface area contributed by atoms with Crippen LogP contribution in [0.15, 0.2) is 0 Å². The molecule has 192 valence electrons. The Morgan fingerprint density at radius 1 is 0.562 bits per heavy atom. The lowest BCUT2D eigenvalue weighted by Crippen LogP contribution is -2.47. The molecule has 1 aliphatic heterocycles. The lowest BCUT2D eigenvalue weighted by molar-refractivity contribution is 0.0289. The van der Waals surface area contributed by atoms with Crippen LogP contribution < -0.4 is 0 Å². The van der Waals surface area contributed by atoms with Gasteiger partial charge in [-0.3, -0.25) is 46.8 Å². The summed E-state index contributed by atoms with van der Waals surface area (Å²) in [5.41, 5.74) is 0. The molecule has 1 aliphatic rings. The van der Waals surface area contributed by atoms with E-state index in [2.05, 4.69) is 0 Å². The van der Waals surface area contributed by atoms with Crippen molar-refractivity contribution in [3.8, 4) is 0 Å². The Labute approximate surface area is 189 Å². The van der Waals surface area contributed by atoms with Gasteiger partial charge in [-0.2, -0.15) is 0 Å². The van der Waals surface area contributed by atoms with E-state index in [1.54, 1.807) is 19.6 Å². The van der Waals surface area contributed by atoms with E-state index in [1.165, 1.54) is 0 Å². The first kappa shape index (κ1) is 30.8. The maximum atomic E-state index is 11.0. The lowest BCUT2D eigenvalue weighted by atomic mass is 10.3. The van der Waals surface area contributed by atoms with Gasteiger partial charge >= 0.3 is 33.7 Å². The van der Waals surface area contributed by atoms with Crippen molar-refractivity contribution in [1.29, 1.82) is 0 Å². The molecule has 32 heavy (non-hydrogen) atoms. The van der Waals surface area contributed by atoms with Gasteiger partial charge < -0.3 is 29.4 Å². The summed E-state index contributed by atoms with van der Waals surface area (Å²) in [5.74, 6) is 0. The second-order valence-electron chi connectivity index (χ2n) is 6.57. The summed E-state index contributed by atoms with van der Waals surface area (Å²) >= 11 is 0. The highest BCUT2D eigenvalue weighted by molar-refractivity contribution is 7.39. The molecule has 1 saturated heterocycles. The molecule has 0 aromatic rings. The predicted octanol–water partition coefficient (Wildman–Crippen LogP) is -1.71. The highest BCUT2D eigenvalue weighted by atomic mass is 31.2. The Morgan fingerprint density at radius 3 is 1.03 bits per heavy atom. The Hall–Kier alpha value is 0.760. The summed E-state index contributed by atoms with van der Waals surface area (Å²) in [6, 6.07) is 0. The van der Waals surface area contributed by atoms with Crippen molar-refractivity contribution >= 4 is 33.7 Å². The standard InChI is InChI=1S/C12H32N4O12P4/c17-29(18)25-9-13-1-2-14(10-26-30(19)20)5-6-16(12-28-32(23)24)8-7-15(4-3-13)11-27-31(21)22/h17-20,31-32H,1-12H2,(H,21,22)(H,23,24). The Balaban J connectivity index is 2.86. The van der Waals surface area contributed by atoms with E-state index in [4.69, 9.17) is 47.5 Å². The molecule has 6 N–H and O–H groups in total. The third kappa shape index (κ3) is 16.4. The maximum absolute atomic E-state index is 11.0. The third-order valence-electron chi connectivity index (χ3n) is 4.38. The zero-order valence-corrected chi connectivity index (χ0v) is 21.1. The summed E-state index contributed by atoms with van der Waals surface area (Å²) in [6.45, 7) is 2.72. The molecule has 2 atom stereocenters. The molecule has 0 aliphatic carbocycles. The van der Waals surface area contributed by atoms with E-state index >= 15 is 0 Å². The molecule has 2 unspecified atom stereocenters. The van der Waals surface area contributed by atoms with Crippen LogP contribution in [0.25, 0.3) is 0 Å². The van der Waals surface area contributed by atoms with E-state index in [-0.39, 0.29) is 26.9 Å². The van der Waals surface area contributed by atoms with Crippen LogP contribution in [0.4, 0.5) is 0 Å². The van der Waals surface area contributed by atoms with Gasteiger partial charge in [-0.25, -0.2) is 0 Å². The number of rotatable bonds is 12. The zero-order valence-electron chi connectivity index (χ0n) is 17.3. The molecule has 1 rings (SSSR count). The molecule has 20 heteroatoms. The Bertz CT molecular complexity index is 508. The summed E-state index contributed by atoms with van der Waals surface area (Å²) in [7, 11) is -11.4. The summed E-state index contributed by atoms with van der Waals surface area (Å²) in [4.78, 5) is 61.2. The second kappa shape index (κ2) is 18.1. The zero-order chi connectivity index (χ0) is 23.9. The van der Waals surface area contributed by atoms with Crippen molar-refractivity contribution in [3.63, 3.8) is 0 Å². The minimum Gasteiger partial charge on any atom is -0.328 e. The summed E-state index contributed by atoms with van der Waals surface area (Å²) in [6.07, 6.45) is 0. The van der Waals surface area contributed by atoms with Crippen LogP contribution in [0.2, 0.25) is 0 Å². The van der Waals surface area contributed by atoms with Crippen LogP contribution in [0.3, 0.4) is 0 Å². The minimum absolute atomic E-state index is 0.0733. The van der Waals surface area contributed by atoms with Crippen LogP contribution in [0, 0.1) is 0 Å². The molecule has 0 bridgehead atoms. The first-order chi connectivity index (χ1) is 15.2. The summed E-state index contributed by atoms with van der Waals surface area (Å²) in [5, 5.41) is 0. The fourth-order valence-corrected chi connectivity index (χ4v) is 3.77. The molecule has 0 aromatic carbocycles. The monoisotopic (exact) mass is 548 g/mol. The quantitative estimate of drug-likeness (QED) is 0.150. The molecule has 0 saturated carbocycles. The van der Waals surface area contributed by atoms with Crippen molar-refractivity contribution < 1.29 is 56.6 Å². The molecule has 0 amide bonds. The van der Waals surface area contributed by atoms with Crippen molar-refractivity contribution in [3.05, 3.63) is 0 Å². The molecule has 1 fully saturated rings. The first-order valence-corrected chi connectivity index (χ1v) is 14.2. The van der Waals surface area contributed by atoms with Crippen molar-refractivity contribution in [2.75, 3.05) is 79.3 Å². The van der Waals surface area contributed by atoms with Crippen LogP contribution >= 0.6 is 33.7 Å². The van der Waals surface area contributed by atoms with E-state index in [9.17, 15) is 9.13 Å². The maximum Gasteiger partial charge on any atom is 0.328 e. The Morgan fingerprint density at radius 2 is 0.812 bits per heavy atom. The van der Waals surface area contributed by atoms with Gasteiger partial charge in [-0.15, -0.1) is 0 Å². The van der Waals surface area contributed by atoms with Crippen molar-refractivity contribution in [1.82, 2.24) is 19.6 Å². The van der Waals surface area contributed by atoms with Gasteiger partial charge in [0.15, 0.2) is 0 Å². The molecule has 0 radical (unpaired) electrons. The molecule has 1 heterocycles. The van der Waals surface area contributed by atoms with Gasteiger partial charge in [0.25, 0.3) is 0 Å². The van der Waals surface area contributed by atoms with E-state index in [0.717, 1.165) is 0 Å². The second-order valence-corrected chi connectivity index (χ2v) is 9.74. The predicted molar refractivity (Wildman–Crippen MR) is 115 cm³/mol. The molecule has 0 spiro atoms. The van der Waals surface area contributed by atoms with Crippen LogP contribution in [0.5, 0.6) is 0 Å². The van der Waals surface area contributed by atoms with Gasteiger partial charge in [0.05, 0.1) is 0 Å². The van der Waals surface area contributed by atoms with Crippen LogP contribution in [-0.4, -0.2) is 128 Å².